The van der Waals surface area contributed by atoms with E-state index >= 15 is 0 Å². The number of carbonyl (C=O) groups is 1. The van der Waals surface area contributed by atoms with Crippen molar-refractivity contribution >= 4 is 22.6 Å². The summed E-state index contributed by atoms with van der Waals surface area (Å²) in [6, 6.07) is 16.1. The molecule has 0 unspecified atom stereocenters. The summed E-state index contributed by atoms with van der Waals surface area (Å²) in [5.74, 6) is 0.707. The minimum absolute atomic E-state index is 0.557. The van der Waals surface area contributed by atoms with E-state index in [2.05, 4.69) is 38.1 Å². The largest absolute Gasteiger partial charge is 0.496 e. The molecule has 0 atom stereocenters. The van der Waals surface area contributed by atoms with Crippen molar-refractivity contribution in [3.05, 3.63) is 64.7 Å². The predicted molar refractivity (Wildman–Crippen MR) is 110 cm³/mol. The van der Waals surface area contributed by atoms with Crippen LogP contribution in [0, 0.1) is 6.92 Å². The van der Waals surface area contributed by atoms with E-state index in [4.69, 9.17) is 9.72 Å². The molecule has 0 fully saturated rings. The van der Waals surface area contributed by atoms with Crippen molar-refractivity contribution in [3.63, 3.8) is 0 Å². The molecule has 136 valence electrons. The number of thiazole rings is 1. The summed E-state index contributed by atoms with van der Waals surface area (Å²) >= 11 is 1.63. The van der Waals surface area contributed by atoms with Gasteiger partial charge in [0.2, 0.25) is 0 Å². The summed E-state index contributed by atoms with van der Waals surface area (Å²) < 4.78 is 7.47. The Bertz CT molecular complexity index is 1120. The average molecular weight is 376 g/mol. The first-order chi connectivity index (χ1) is 13.2. The van der Waals surface area contributed by atoms with Gasteiger partial charge in [0.05, 0.1) is 12.8 Å². The Kier molecular flexibility index (Phi) is 4.54. The normalized spacial score (nSPS) is 11.1. The minimum atomic E-state index is 0.557. The van der Waals surface area contributed by atoms with Crippen molar-refractivity contribution < 1.29 is 9.53 Å². The number of ether oxygens (including phenoxy) is 1. The van der Waals surface area contributed by atoms with Gasteiger partial charge < -0.3 is 4.74 Å². The Labute approximate surface area is 162 Å². The molecule has 0 amide bonds. The maximum Gasteiger partial charge on any atom is 0.195 e. The third-order valence-corrected chi connectivity index (χ3v) is 5.89. The lowest BCUT2D eigenvalue weighted by Crippen LogP contribution is -1.97. The number of nitrogens with zero attached hydrogens (tertiary/aromatic N) is 2. The molecule has 2 aromatic carbocycles. The fraction of sp³-hybridized carbons (Fsp3) is 0.182. The molecule has 0 saturated carbocycles. The van der Waals surface area contributed by atoms with E-state index in [0.717, 1.165) is 34.5 Å². The SMILES string of the molecule is CCc1sc2nc(-c3ccccc3OC)c(C=O)n2c1-c1ccc(C)cc1. The molecule has 4 nitrogen and oxygen atoms in total. The predicted octanol–water partition coefficient (Wildman–Crippen LogP) is 5.42. The van der Waals surface area contributed by atoms with Crippen LogP contribution in [0.25, 0.3) is 27.5 Å². The first-order valence-electron chi connectivity index (χ1n) is 8.87. The van der Waals surface area contributed by atoms with Crippen LogP contribution in [0.1, 0.15) is 27.9 Å². The van der Waals surface area contributed by atoms with Gasteiger partial charge in [-0.1, -0.05) is 48.9 Å². The summed E-state index contributed by atoms with van der Waals surface area (Å²) in [6.07, 6.45) is 1.78. The van der Waals surface area contributed by atoms with E-state index < -0.39 is 0 Å². The summed E-state index contributed by atoms with van der Waals surface area (Å²) in [7, 11) is 1.63. The van der Waals surface area contributed by atoms with Crippen LogP contribution in [0.3, 0.4) is 0 Å². The quantitative estimate of drug-likeness (QED) is 0.437. The van der Waals surface area contributed by atoms with Crippen molar-refractivity contribution in [2.24, 2.45) is 0 Å². The van der Waals surface area contributed by atoms with Crippen LogP contribution < -0.4 is 4.74 Å². The second kappa shape index (κ2) is 7.00. The van der Waals surface area contributed by atoms with Crippen molar-refractivity contribution in [1.82, 2.24) is 9.38 Å². The number of aldehydes is 1. The number of hydrogen-bond donors (Lipinski definition) is 0. The molecule has 0 N–H and O–H groups in total. The number of methoxy groups -OCH3 is 1. The molecular weight excluding hydrogens is 356 g/mol. The monoisotopic (exact) mass is 376 g/mol. The van der Waals surface area contributed by atoms with E-state index in [1.54, 1.807) is 18.4 Å². The lowest BCUT2D eigenvalue weighted by molar-refractivity contribution is 0.111. The Balaban J connectivity index is 2.03. The van der Waals surface area contributed by atoms with Crippen LogP contribution in [0.4, 0.5) is 0 Å². The highest BCUT2D eigenvalue weighted by Gasteiger charge is 2.23. The zero-order valence-electron chi connectivity index (χ0n) is 15.5. The number of aromatic nitrogens is 2. The molecule has 0 aliphatic rings. The number of fused-ring (bicyclic) bond motifs is 1. The number of hydrogen-bond acceptors (Lipinski definition) is 4. The van der Waals surface area contributed by atoms with Crippen molar-refractivity contribution in [1.29, 1.82) is 0 Å². The first kappa shape index (κ1) is 17.5. The van der Waals surface area contributed by atoms with Crippen LogP contribution in [-0.2, 0) is 6.42 Å². The number of aryl methyl sites for hydroxylation is 2. The van der Waals surface area contributed by atoms with Gasteiger partial charge in [-0.2, -0.15) is 0 Å². The lowest BCUT2D eigenvalue weighted by atomic mass is 10.1. The van der Waals surface area contributed by atoms with Gasteiger partial charge >= 0.3 is 0 Å². The highest BCUT2D eigenvalue weighted by molar-refractivity contribution is 7.17. The molecule has 0 aliphatic carbocycles. The Morgan fingerprint density at radius 2 is 1.89 bits per heavy atom. The van der Waals surface area contributed by atoms with E-state index in [1.165, 1.54) is 10.4 Å². The zero-order valence-corrected chi connectivity index (χ0v) is 16.3. The smallest absolute Gasteiger partial charge is 0.195 e. The highest BCUT2D eigenvalue weighted by atomic mass is 32.1. The molecule has 0 saturated heterocycles. The molecule has 4 aromatic rings. The number of para-hydroxylation sites is 1. The topological polar surface area (TPSA) is 43.6 Å². The molecule has 2 heterocycles. The fourth-order valence-electron chi connectivity index (χ4n) is 3.37. The van der Waals surface area contributed by atoms with E-state index in [-0.39, 0.29) is 0 Å². The molecule has 0 spiro atoms. The number of imidazole rings is 1. The molecule has 0 aliphatic heterocycles. The Hall–Kier alpha value is -2.92. The molecule has 0 bridgehead atoms. The second-order valence-electron chi connectivity index (χ2n) is 6.38. The van der Waals surface area contributed by atoms with Gasteiger partial charge in [0.15, 0.2) is 11.2 Å². The fourth-order valence-corrected chi connectivity index (χ4v) is 4.46. The zero-order chi connectivity index (χ0) is 19.0. The number of carbonyl (C=O) groups excluding carboxylic acids is 1. The molecular formula is C22H20N2O2S. The molecule has 2 aromatic heterocycles. The number of rotatable bonds is 5. The highest BCUT2D eigenvalue weighted by Crippen LogP contribution is 2.38. The van der Waals surface area contributed by atoms with Gasteiger partial charge in [0.25, 0.3) is 0 Å². The van der Waals surface area contributed by atoms with Gasteiger partial charge in [-0.25, -0.2) is 4.98 Å². The van der Waals surface area contributed by atoms with Gasteiger partial charge in [-0.05, 0) is 31.0 Å². The van der Waals surface area contributed by atoms with E-state index in [1.807, 2.05) is 28.7 Å². The summed E-state index contributed by atoms with van der Waals surface area (Å²) in [5, 5.41) is 0. The summed E-state index contributed by atoms with van der Waals surface area (Å²) in [6.45, 7) is 4.20. The molecule has 4 rings (SSSR count). The summed E-state index contributed by atoms with van der Waals surface area (Å²) in [5.41, 5.74) is 5.39. The van der Waals surface area contributed by atoms with E-state index in [9.17, 15) is 4.79 Å². The molecule has 27 heavy (non-hydrogen) atoms. The first-order valence-corrected chi connectivity index (χ1v) is 9.69. The second-order valence-corrected chi connectivity index (χ2v) is 7.44. The van der Waals surface area contributed by atoms with Crippen molar-refractivity contribution in [3.8, 4) is 28.3 Å². The van der Waals surface area contributed by atoms with E-state index in [0.29, 0.717) is 17.1 Å². The lowest BCUT2D eigenvalue weighted by Gasteiger charge is -2.08. The van der Waals surface area contributed by atoms with Crippen molar-refractivity contribution in [2.45, 2.75) is 20.3 Å². The van der Waals surface area contributed by atoms with Crippen LogP contribution >= 0.6 is 11.3 Å². The molecule has 5 heteroatoms. The Morgan fingerprint density at radius 3 is 2.56 bits per heavy atom. The van der Waals surface area contributed by atoms with Crippen LogP contribution in [0.2, 0.25) is 0 Å². The third kappa shape index (κ3) is 2.84. The Morgan fingerprint density at radius 1 is 1.15 bits per heavy atom. The van der Waals surface area contributed by atoms with Crippen LogP contribution in [0.5, 0.6) is 5.75 Å². The maximum atomic E-state index is 12.1. The standard InChI is InChI=1S/C22H20N2O2S/c1-4-19-21(15-11-9-14(2)10-12-15)24-17(13-25)20(23-22(24)27-19)16-7-5-6-8-18(16)26-3/h5-13H,4H2,1-3H3. The van der Waals surface area contributed by atoms with Gasteiger partial charge in [-0.3, -0.25) is 9.20 Å². The third-order valence-electron chi connectivity index (χ3n) is 4.70. The minimum Gasteiger partial charge on any atom is -0.496 e. The van der Waals surface area contributed by atoms with Crippen LogP contribution in [0.15, 0.2) is 48.5 Å². The number of benzene rings is 2. The summed E-state index contributed by atoms with van der Waals surface area (Å²) in [4.78, 5) is 19.0. The van der Waals surface area contributed by atoms with Gasteiger partial charge in [-0.15, -0.1) is 11.3 Å². The maximum absolute atomic E-state index is 12.1. The average Bonchev–Trinajstić information content (AvgIpc) is 3.23. The van der Waals surface area contributed by atoms with Crippen molar-refractivity contribution in [2.75, 3.05) is 7.11 Å². The van der Waals surface area contributed by atoms with Crippen LogP contribution in [-0.4, -0.2) is 22.8 Å². The molecule has 0 radical (unpaired) electrons. The van der Waals surface area contributed by atoms with Gasteiger partial charge in [0.1, 0.15) is 17.1 Å². The van der Waals surface area contributed by atoms with Gasteiger partial charge in [0, 0.05) is 10.4 Å².